The van der Waals surface area contributed by atoms with E-state index < -0.39 is 0 Å². The number of ether oxygens (including phenoxy) is 2. The lowest BCUT2D eigenvalue weighted by Crippen LogP contribution is -2.17. The maximum absolute atomic E-state index is 5.53. The molecule has 0 spiro atoms. The van der Waals surface area contributed by atoms with Gasteiger partial charge in [-0.25, -0.2) is 5.84 Å². The van der Waals surface area contributed by atoms with Gasteiger partial charge in [-0.05, 0) is 25.2 Å². The molecule has 8 heteroatoms. The summed E-state index contributed by atoms with van der Waals surface area (Å²) in [6.07, 6.45) is 3.48. The molecule has 1 saturated carbocycles. The Morgan fingerprint density at radius 1 is 1.20 bits per heavy atom. The van der Waals surface area contributed by atoms with Gasteiger partial charge in [0.15, 0.2) is 0 Å². The van der Waals surface area contributed by atoms with Gasteiger partial charge in [0, 0.05) is 13.2 Å². The van der Waals surface area contributed by atoms with E-state index in [0.29, 0.717) is 25.7 Å². The normalized spacial score (nSPS) is 14.1. The van der Waals surface area contributed by atoms with Crippen molar-refractivity contribution >= 4 is 11.9 Å². The van der Waals surface area contributed by atoms with Crippen LogP contribution in [-0.4, -0.2) is 41.3 Å². The van der Waals surface area contributed by atoms with Crippen molar-refractivity contribution < 1.29 is 9.47 Å². The summed E-state index contributed by atoms with van der Waals surface area (Å²) in [5, 5.41) is 3.07. The molecule has 20 heavy (non-hydrogen) atoms. The maximum Gasteiger partial charge on any atom is 0.323 e. The molecule has 0 saturated heterocycles. The minimum Gasteiger partial charge on any atom is -0.463 e. The third kappa shape index (κ3) is 5.14. The third-order valence-corrected chi connectivity index (χ3v) is 2.76. The summed E-state index contributed by atoms with van der Waals surface area (Å²) in [6, 6.07) is 0.260. The lowest BCUT2D eigenvalue weighted by molar-refractivity contribution is 0.133. The Morgan fingerprint density at radius 2 is 2.00 bits per heavy atom. The number of nitrogen functional groups attached to an aromatic ring is 1. The molecule has 1 aliphatic carbocycles. The van der Waals surface area contributed by atoms with Crippen molar-refractivity contribution in [1.82, 2.24) is 15.0 Å². The fourth-order valence-corrected chi connectivity index (χ4v) is 1.53. The minimum absolute atomic E-state index is 0.260. The van der Waals surface area contributed by atoms with E-state index in [4.69, 9.17) is 15.3 Å². The molecular formula is C12H22N6O2. The lowest BCUT2D eigenvalue weighted by Gasteiger charge is -2.09. The molecule has 0 aromatic carbocycles. The molecule has 1 heterocycles. The van der Waals surface area contributed by atoms with Crippen LogP contribution in [0.3, 0.4) is 0 Å². The first-order chi connectivity index (χ1) is 9.81. The molecule has 1 fully saturated rings. The van der Waals surface area contributed by atoms with Crippen LogP contribution in [0.1, 0.15) is 26.2 Å². The number of nitrogens with two attached hydrogens (primary N) is 1. The highest BCUT2D eigenvalue weighted by atomic mass is 16.5. The number of nitrogens with one attached hydrogen (secondary N) is 2. The molecule has 112 valence electrons. The fraction of sp³-hybridized carbons (Fsp3) is 0.750. The van der Waals surface area contributed by atoms with E-state index in [1.54, 1.807) is 0 Å². The summed E-state index contributed by atoms with van der Waals surface area (Å²) in [6.45, 7) is 4.67. The molecule has 0 atom stereocenters. The average Bonchev–Trinajstić information content (AvgIpc) is 3.28. The number of aromatic nitrogens is 3. The molecule has 0 unspecified atom stereocenters. The van der Waals surface area contributed by atoms with E-state index in [2.05, 4.69) is 25.7 Å². The molecular weight excluding hydrogens is 260 g/mol. The van der Waals surface area contributed by atoms with Crippen molar-refractivity contribution in [3.63, 3.8) is 0 Å². The summed E-state index contributed by atoms with van der Waals surface area (Å²) >= 11 is 0. The van der Waals surface area contributed by atoms with E-state index in [0.717, 1.165) is 18.9 Å². The van der Waals surface area contributed by atoms with Gasteiger partial charge in [-0.3, -0.25) is 5.43 Å². The highest BCUT2D eigenvalue weighted by Gasteiger charge is 2.20. The quantitative estimate of drug-likeness (QED) is 0.328. The van der Waals surface area contributed by atoms with Crippen LogP contribution in [-0.2, 0) is 4.74 Å². The zero-order chi connectivity index (χ0) is 14.2. The summed E-state index contributed by atoms with van der Waals surface area (Å²) in [5.41, 5.74) is 2.40. The van der Waals surface area contributed by atoms with Crippen molar-refractivity contribution in [3.8, 4) is 6.01 Å². The van der Waals surface area contributed by atoms with Crippen molar-refractivity contribution in [2.45, 2.75) is 26.2 Å². The summed E-state index contributed by atoms with van der Waals surface area (Å²) < 4.78 is 10.9. The average molecular weight is 282 g/mol. The van der Waals surface area contributed by atoms with Crippen LogP contribution in [0.2, 0.25) is 0 Å². The minimum atomic E-state index is 0.260. The van der Waals surface area contributed by atoms with Crippen molar-refractivity contribution in [2.75, 3.05) is 37.1 Å². The highest BCUT2D eigenvalue weighted by molar-refractivity contribution is 5.34. The Bertz CT molecular complexity index is 413. The number of anilines is 2. The van der Waals surface area contributed by atoms with Gasteiger partial charge < -0.3 is 14.8 Å². The number of hydrazine groups is 1. The van der Waals surface area contributed by atoms with E-state index in [1.807, 2.05) is 6.92 Å². The van der Waals surface area contributed by atoms with Crippen LogP contribution in [0.25, 0.3) is 0 Å². The van der Waals surface area contributed by atoms with E-state index in [-0.39, 0.29) is 12.0 Å². The summed E-state index contributed by atoms with van der Waals surface area (Å²) in [7, 11) is 0. The standard InChI is InChI=1S/C12H22N6O2/c1-2-6-20-12-16-10(15-11(17-12)18-13)14-5-7-19-8-9-3-4-9/h9H,2-8,13H2,1H3,(H2,14,15,16,17,18). The first-order valence-corrected chi connectivity index (χ1v) is 6.99. The second-order valence-electron chi connectivity index (χ2n) is 4.70. The van der Waals surface area contributed by atoms with Gasteiger partial charge in [0.05, 0.1) is 13.2 Å². The molecule has 0 bridgehead atoms. The van der Waals surface area contributed by atoms with Gasteiger partial charge >= 0.3 is 6.01 Å². The van der Waals surface area contributed by atoms with Crippen LogP contribution in [0, 0.1) is 5.92 Å². The summed E-state index contributed by atoms with van der Waals surface area (Å²) in [4.78, 5) is 12.3. The Labute approximate surface area is 118 Å². The van der Waals surface area contributed by atoms with Crippen LogP contribution >= 0.6 is 0 Å². The second kappa shape index (κ2) is 7.81. The van der Waals surface area contributed by atoms with Crippen LogP contribution in [0.5, 0.6) is 6.01 Å². The van der Waals surface area contributed by atoms with E-state index in [9.17, 15) is 0 Å². The van der Waals surface area contributed by atoms with Gasteiger partial charge in [0.25, 0.3) is 0 Å². The number of rotatable bonds is 10. The molecule has 1 aromatic heterocycles. The molecule has 1 aliphatic rings. The van der Waals surface area contributed by atoms with Gasteiger partial charge in [0.2, 0.25) is 11.9 Å². The van der Waals surface area contributed by atoms with Gasteiger partial charge in [-0.1, -0.05) is 6.92 Å². The summed E-state index contributed by atoms with van der Waals surface area (Å²) in [5.74, 6) is 6.79. The Hall–Kier alpha value is -1.67. The smallest absolute Gasteiger partial charge is 0.323 e. The Balaban J connectivity index is 1.78. The highest BCUT2D eigenvalue weighted by Crippen LogP contribution is 2.28. The predicted octanol–water partition coefficient (Wildman–Crippen LogP) is 0.784. The molecule has 4 N–H and O–H groups in total. The van der Waals surface area contributed by atoms with Crippen molar-refractivity contribution in [3.05, 3.63) is 0 Å². The van der Waals surface area contributed by atoms with E-state index >= 15 is 0 Å². The molecule has 1 aromatic rings. The number of hydrogen-bond donors (Lipinski definition) is 3. The zero-order valence-corrected chi connectivity index (χ0v) is 11.8. The largest absolute Gasteiger partial charge is 0.463 e. The molecule has 0 aliphatic heterocycles. The first-order valence-electron chi connectivity index (χ1n) is 6.99. The van der Waals surface area contributed by atoms with Gasteiger partial charge in [-0.15, -0.1) is 0 Å². The van der Waals surface area contributed by atoms with Crippen molar-refractivity contribution in [1.29, 1.82) is 0 Å². The lowest BCUT2D eigenvalue weighted by atomic mass is 10.5. The number of hydrogen-bond acceptors (Lipinski definition) is 8. The second-order valence-corrected chi connectivity index (χ2v) is 4.70. The number of nitrogens with zero attached hydrogens (tertiary/aromatic N) is 3. The first kappa shape index (κ1) is 14.7. The Kier molecular flexibility index (Phi) is 5.75. The molecule has 0 amide bonds. The monoisotopic (exact) mass is 282 g/mol. The molecule has 2 rings (SSSR count). The van der Waals surface area contributed by atoms with Crippen molar-refractivity contribution in [2.24, 2.45) is 11.8 Å². The molecule has 8 nitrogen and oxygen atoms in total. The van der Waals surface area contributed by atoms with Crippen LogP contribution in [0.15, 0.2) is 0 Å². The third-order valence-electron chi connectivity index (χ3n) is 2.76. The fourth-order valence-electron chi connectivity index (χ4n) is 1.53. The van der Waals surface area contributed by atoms with Crippen LogP contribution < -0.4 is 21.3 Å². The Morgan fingerprint density at radius 3 is 2.70 bits per heavy atom. The van der Waals surface area contributed by atoms with Gasteiger partial charge in [-0.2, -0.15) is 15.0 Å². The van der Waals surface area contributed by atoms with Crippen LogP contribution in [0.4, 0.5) is 11.9 Å². The molecule has 0 radical (unpaired) electrons. The topological polar surface area (TPSA) is 107 Å². The predicted molar refractivity (Wildman–Crippen MR) is 75.5 cm³/mol. The zero-order valence-electron chi connectivity index (χ0n) is 11.8. The maximum atomic E-state index is 5.53. The SMILES string of the molecule is CCCOc1nc(NN)nc(NCCOCC2CC2)n1. The van der Waals surface area contributed by atoms with E-state index in [1.165, 1.54) is 12.8 Å². The van der Waals surface area contributed by atoms with Gasteiger partial charge in [0.1, 0.15) is 0 Å².